The Morgan fingerprint density at radius 3 is 2.53 bits per heavy atom. The number of ketones is 1. The number of Topliss-reactive ketones (excluding diaryl/α,β-unsaturated/α-hetero) is 1. The standard InChI is InChI=1S/C25H27ClN4O2/c1-17(23(31)19-9-11-20(26)12-10-19)30-14-13-22-21(16-30)24(32)29(3)25(28(22)2)27-15-18-7-5-4-6-8-18/h4-12,17H,13-16H2,1-3H3/p+1. The Balaban J connectivity index is 1.56. The lowest BCUT2D eigenvalue weighted by atomic mass is 10.00. The van der Waals surface area contributed by atoms with Gasteiger partial charge in [0.1, 0.15) is 0 Å². The number of halogens is 1. The number of rotatable bonds is 6. The van der Waals surface area contributed by atoms with Crippen LogP contribution in [-0.4, -0.2) is 27.8 Å². The van der Waals surface area contributed by atoms with Crippen LogP contribution in [0.3, 0.4) is 0 Å². The Bertz CT molecular complexity index is 1190. The third-order valence-electron chi connectivity index (χ3n) is 6.30. The number of aromatic nitrogens is 2. The molecular weight excluding hydrogens is 424 g/mol. The van der Waals surface area contributed by atoms with Crippen LogP contribution in [0.4, 0.5) is 5.95 Å². The lowest BCUT2D eigenvalue weighted by molar-refractivity contribution is -0.670. The van der Waals surface area contributed by atoms with E-state index in [4.69, 9.17) is 11.6 Å². The van der Waals surface area contributed by atoms with Gasteiger partial charge < -0.3 is 0 Å². The van der Waals surface area contributed by atoms with Gasteiger partial charge in [-0.15, -0.1) is 0 Å². The third kappa shape index (κ3) is 4.33. The van der Waals surface area contributed by atoms with Gasteiger partial charge in [-0.1, -0.05) is 41.9 Å². The zero-order valence-corrected chi connectivity index (χ0v) is 19.4. The molecule has 4 rings (SSSR count). The van der Waals surface area contributed by atoms with Gasteiger partial charge in [-0.05, 0) is 36.8 Å². The van der Waals surface area contributed by atoms with Crippen molar-refractivity contribution in [2.24, 2.45) is 14.1 Å². The number of hydrogen-bond donors (Lipinski definition) is 1. The summed E-state index contributed by atoms with van der Waals surface area (Å²) in [6.45, 7) is 3.71. The molecule has 0 fully saturated rings. The van der Waals surface area contributed by atoms with Gasteiger partial charge in [0, 0.05) is 30.1 Å². The molecule has 2 heterocycles. The molecule has 0 bridgehead atoms. The molecule has 32 heavy (non-hydrogen) atoms. The van der Waals surface area contributed by atoms with E-state index in [-0.39, 0.29) is 17.4 Å². The summed E-state index contributed by atoms with van der Waals surface area (Å²) in [7, 11) is 3.78. The summed E-state index contributed by atoms with van der Waals surface area (Å²) in [6, 6.07) is 16.7. The van der Waals surface area contributed by atoms with Crippen LogP contribution in [0.1, 0.15) is 34.1 Å². The van der Waals surface area contributed by atoms with Crippen molar-refractivity contribution in [1.82, 2.24) is 9.47 Å². The minimum atomic E-state index is -0.324. The van der Waals surface area contributed by atoms with Gasteiger partial charge in [0.25, 0.3) is 0 Å². The van der Waals surface area contributed by atoms with Gasteiger partial charge in [-0.2, -0.15) is 4.57 Å². The first-order valence-corrected chi connectivity index (χ1v) is 11.2. The second kappa shape index (κ2) is 9.27. The van der Waals surface area contributed by atoms with Crippen LogP contribution in [-0.2, 0) is 33.6 Å². The number of nitrogens with one attached hydrogen (secondary N) is 1. The first kappa shape index (κ1) is 22.2. The summed E-state index contributed by atoms with van der Waals surface area (Å²) in [4.78, 5) is 28.3. The van der Waals surface area contributed by atoms with Gasteiger partial charge in [-0.25, -0.2) is 4.57 Å². The summed E-state index contributed by atoms with van der Waals surface area (Å²) in [5.41, 5.74) is 3.53. The predicted molar refractivity (Wildman–Crippen MR) is 126 cm³/mol. The molecule has 3 aromatic rings. The molecule has 0 saturated heterocycles. The highest BCUT2D eigenvalue weighted by Gasteiger charge is 2.32. The summed E-state index contributed by atoms with van der Waals surface area (Å²) >= 11 is 5.95. The highest BCUT2D eigenvalue weighted by molar-refractivity contribution is 6.30. The Morgan fingerprint density at radius 1 is 1.16 bits per heavy atom. The van der Waals surface area contributed by atoms with Crippen LogP contribution in [0.25, 0.3) is 0 Å². The SMILES string of the molecule is CC(C(=O)c1ccc(Cl)cc1)N1CCc2c(c(=O)n(C)c(NCc3ccccc3)[n+]2C)C1. The van der Waals surface area contributed by atoms with Crippen molar-refractivity contribution < 1.29 is 9.36 Å². The molecule has 0 radical (unpaired) electrons. The van der Waals surface area contributed by atoms with Gasteiger partial charge >= 0.3 is 11.5 Å². The van der Waals surface area contributed by atoms with Crippen LogP contribution in [0.15, 0.2) is 59.4 Å². The molecule has 166 valence electrons. The van der Waals surface area contributed by atoms with E-state index in [0.717, 1.165) is 22.8 Å². The largest absolute Gasteiger partial charge is 0.360 e. The highest BCUT2D eigenvalue weighted by Crippen LogP contribution is 2.20. The van der Waals surface area contributed by atoms with E-state index in [1.165, 1.54) is 0 Å². The molecule has 0 spiro atoms. The van der Waals surface area contributed by atoms with Gasteiger partial charge in [0.2, 0.25) is 0 Å². The van der Waals surface area contributed by atoms with Crippen molar-refractivity contribution in [3.8, 4) is 0 Å². The van der Waals surface area contributed by atoms with Crippen LogP contribution < -0.4 is 15.4 Å². The Morgan fingerprint density at radius 2 is 1.84 bits per heavy atom. The maximum atomic E-state index is 13.2. The fourth-order valence-electron chi connectivity index (χ4n) is 4.35. The van der Waals surface area contributed by atoms with Crippen molar-refractivity contribution in [1.29, 1.82) is 0 Å². The fraction of sp³-hybridized carbons (Fsp3) is 0.320. The number of nitrogens with zero attached hydrogens (tertiary/aromatic N) is 3. The monoisotopic (exact) mass is 451 g/mol. The number of fused-ring (bicyclic) bond motifs is 1. The van der Waals surface area contributed by atoms with Gasteiger partial charge in [0.05, 0.1) is 37.9 Å². The van der Waals surface area contributed by atoms with Crippen molar-refractivity contribution >= 4 is 23.3 Å². The molecule has 7 heteroatoms. The zero-order chi connectivity index (χ0) is 22.8. The van der Waals surface area contributed by atoms with Crippen molar-refractivity contribution in [2.75, 3.05) is 11.9 Å². The van der Waals surface area contributed by atoms with Crippen LogP contribution in [0, 0.1) is 0 Å². The van der Waals surface area contributed by atoms with E-state index in [9.17, 15) is 9.59 Å². The highest BCUT2D eigenvalue weighted by atomic mass is 35.5. The van der Waals surface area contributed by atoms with Crippen LogP contribution in [0.5, 0.6) is 0 Å². The first-order chi connectivity index (χ1) is 15.4. The molecule has 1 aliphatic rings. The van der Waals surface area contributed by atoms with Crippen molar-refractivity contribution in [3.05, 3.63) is 92.4 Å². The third-order valence-corrected chi connectivity index (χ3v) is 6.55. The number of hydrogen-bond acceptors (Lipinski definition) is 4. The molecule has 6 nitrogen and oxygen atoms in total. The second-order valence-corrected chi connectivity index (χ2v) is 8.72. The molecule has 1 atom stereocenters. The van der Waals surface area contributed by atoms with E-state index in [1.807, 2.05) is 32.2 Å². The quantitative estimate of drug-likeness (QED) is 0.462. The van der Waals surface area contributed by atoms with E-state index < -0.39 is 0 Å². The topological polar surface area (TPSA) is 58.2 Å². The average molecular weight is 452 g/mol. The van der Waals surface area contributed by atoms with Gasteiger partial charge in [0.15, 0.2) is 5.78 Å². The molecule has 1 unspecified atom stereocenters. The van der Waals surface area contributed by atoms with E-state index in [1.54, 1.807) is 35.9 Å². The van der Waals surface area contributed by atoms with E-state index in [0.29, 0.717) is 36.6 Å². The van der Waals surface area contributed by atoms with Gasteiger partial charge in [-0.3, -0.25) is 19.8 Å². The average Bonchev–Trinajstić information content (AvgIpc) is 2.82. The molecule has 1 aromatic heterocycles. The zero-order valence-electron chi connectivity index (χ0n) is 18.6. The molecule has 1 N–H and O–H groups in total. The molecule has 0 saturated carbocycles. The van der Waals surface area contributed by atoms with E-state index >= 15 is 0 Å². The summed E-state index contributed by atoms with van der Waals surface area (Å²) < 4.78 is 3.74. The lowest BCUT2D eigenvalue weighted by Crippen LogP contribution is -2.52. The lowest BCUT2D eigenvalue weighted by Gasteiger charge is -2.32. The maximum absolute atomic E-state index is 13.2. The van der Waals surface area contributed by atoms with Crippen LogP contribution in [0.2, 0.25) is 5.02 Å². The molecular formula is C25H28ClN4O2+. The summed E-state index contributed by atoms with van der Waals surface area (Å²) in [5, 5.41) is 4.02. The molecule has 2 aromatic carbocycles. The Kier molecular flexibility index (Phi) is 6.44. The Hall–Kier alpha value is -2.96. The number of benzene rings is 2. The summed E-state index contributed by atoms with van der Waals surface area (Å²) in [5.74, 6) is 0.809. The second-order valence-electron chi connectivity index (χ2n) is 8.28. The fourth-order valence-corrected chi connectivity index (χ4v) is 4.48. The number of carbonyl (C=O) groups excluding carboxylic acids is 1. The minimum Gasteiger partial charge on any atom is -0.292 e. The number of anilines is 1. The smallest absolute Gasteiger partial charge is 0.292 e. The van der Waals surface area contributed by atoms with Crippen LogP contribution >= 0.6 is 11.6 Å². The normalized spacial score (nSPS) is 14.6. The van der Waals surface area contributed by atoms with E-state index in [2.05, 4.69) is 26.9 Å². The number of carbonyl (C=O) groups is 1. The van der Waals surface area contributed by atoms with Crippen molar-refractivity contribution in [3.63, 3.8) is 0 Å². The maximum Gasteiger partial charge on any atom is 0.360 e. The van der Waals surface area contributed by atoms with Crippen molar-refractivity contribution in [2.45, 2.75) is 32.5 Å². The Labute approximate surface area is 193 Å². The molecule has 0 aliphatic carbocycles. The molecule has 0 amide bonds. The minimum absolute atomic E-state index is 0.0236. The summed E-state index contributed by atoms with van der Waals surface area (Å²) in [6.07, 6.45) is 0.709. The predicted octanol–water partition coefficient (Wildman–Crippen LogP) is 3.10. The molecule has 1 aliphatic heterocycles. The first-order valence-electron chi connectivity index (χ1n) is 10.8.